The Morgan fingerprint density at radius 3 is 2.56 bits per heavy atom. The van der Waals surface area contributed by atoms with Crippen LogP contribution in [0.3, 0.4) is 0 Å². The van der Waals surface area contributed by atoms with E-state index >= 15 is 0 Å². The van der Waals surface area contributed by atoms with Crippen LogP contribution in [0.15, 0.2) is 78.4 Å². The minimum Gasteiger partial charge on any atom is -0.336 e. The van der Waals surface area contributed by atoms with Gasteiger partial charge in [0.15, 0.2) is 0 Å². The fourth-order valence-electron chi connectivity index (χ4n) is 4.25. The Labute approximate surface area is 190 Å². The van der Waals surface area contributed by atoms with Crippen molar-refractivity contribution >= 4 is 22.5 Å². The van der Waals surface area contributed by atoms with E-state index in [2.05, 4.69) is 26.7 Å². The molecule has 3 heterocycles. The fourth-order valence-corrected chi connectivity index (χ4v) is 4.44. The van der Waals surface area contributed by atoms with Gasteiger partial charge in [0, 0.05) is 36.8 Å². The molecule has 5 aromatic rings. The molecule has 0 aliphatic rings. The van der Waals surface area contributed by atoms with E-state index in [0.717, 1.165) is 39.0 Å². The van der Waals surface area contributed by atoms with Crippen LogP contribution in [0.2, 0.25) is 5.02 Å². The van der Waals surface area contributed by atoms with Gasteiger partial charge in [0.1, 0.15) is 6.04 Å². The highest BCUT2D eigenvalue weighted by Crippen LogP contribution is 2.33. The Hall–Kier alpha value is -3.64. The van der Waals surface area contributed by atoms with Crippen LogP contribution in [0, 0.1) is 6.92 Å². The van der Waals surface area contributed by atoms with Crippen LogP contribution in [0.5, 0.6) is 0 Å². The quantitative estimate of drug-likeness (QED) is 0.403. The van der Waals surface area contributed by atoms with Crippen molar-refractivity contribution < 1.29 is 0 Å². The van der Waals surface area contributed by atoms with Crippen LogP contribution in [0.25, 0.3) is 22.0 Å². The molecule has 0 saturated carbocycles. The van der Waals surface area contributed by atoms with Gasteiger partial charge in [0.05, 0.1) is 35.8 Å². The summed E-state index contributed by atoms with van der Waals surface area (Å²) in [6.45, 7) is 1.98. The molecule has 0 spiro atoms. The summed E-state index contributed by atoms with van der Waals surface area (Å²) in [6.07, 6.45) is 7.55. The van der Waals surface area contributed by atoms with Crippen molar-refractivity contribution in [2.45, 2.75) is 13.0 Å². The molecular weight excluding hydrogens is 422 g/mol. The Morgan fingerprint density at radius 2 is 1.88 bits per heavy atom. The lowest BCUT2D eigenvalue weighted by molar-refractivity contribution is 0.627. The molecule has 3 aromatic heterocycles. The van der Waals surface area contributed by atoms with E-state index in [9.17, 15) is 4.79 Å². The summed E-state index contributed by atoms with van der Waals surface area (Å²) in [6, 6.07) is 15.4. The standard InChI is InChI=1S/C25H22ClN5O/c1-16-13-31(15-28-16)25(23-12-27-14-29(23)2)18-7-8-22-21(10-18)20(11-24(32)30(22)3)17-5-4-6-19(26)9-17/h4-15,25H,1-3H3. The van der Waals surface area contributed by atoms with Crippen molar-refractivity contribution in [3.05, 3.63) is 106 Å². The zero-order valence-electron chi connectivity index (χ0n) is 18.0. The molecule has 32 heavy (non-hydrogen) atoms. The summed E-state index contributed by atoms with van der Waals surface area (Å²) in [5.41, 5.74) is 5.62. The molecule has 160 valence electrons. The van der Waals surface area contributed by atoms with Gasteiger partial charge < -0.3 is 13.7 Å². The number of hydrogen-bond acceptors (Lipinski definition) is 3. The molecule has 6 nitrogen and oxygen atoms in total. The second-order valence-corrected chi connectivity index (χ2v) is 8.47. The Balaban J connectivity index is 1.79. The zero-order chi connectivity index (χ0) is 22.4. The molecule has 2 aromatic carbocycles. The van der Waals surface area contributed by atoms with Crippen LogP contribution >= 0.6 is 11.6 Å². The third-order valence-electron chi connectivity index (χ3n) is 5.88. The topological polar surface area (TPSA) is 57.6 Å². The third kappa shape index (κ3) is 3.42. The summed E-state index contributed by atoms with van der Waals surface area (Å²) in [5, 5.41) is 1.62. The van der Waals surface area contributed by atoms with Gasteiger partial charge in [-0.05, 0) is 47.9 Å². The van der Waals surface area contributed by atoms with Crippen molar-refractivity contribution in [1.29, 1.82) is 0 Å². The number of pyridine rings is 1. The van der Waals surface area contributed by atoms with Gasteiger partial charge in [-0.15, -0.1) is 0 Å². The zero-order valence-corrected chi connectivity index (χ0v) is 18.8. The fraction of sp³-hybridized carbons (Fsp3) is 0.160. The number of benzene rings is 2. The summed E-state index contributed by atoms with van der Waals surface area (Å²) >= 11 is 6.26. The number of imidazole rings is 2. The number of fused-ring (bicyclic) bond motifs is 1. The molecule has 0 fully saturated rings. The molecule has 0 bridgehead atoms. The largest absolute Gasteiger partial charge is 0.336 e. The van der Waals surface area contributed by atoms with Crippen LogP contribution in [-0.4, -0.2) is 23.7 Å². The minimum atomic E-state index is -0.113. The van der Waals surface area contributed by atoms with Crippen molar-refractivity contribution in [3.8, 4) is 11.1 Å². The minimum absolute atomic E-state index is 0.0614. The second-order valence-electron chi connectivity index (χ2n) is 8.04. The number of hydrogen-bond donors (Lipinski definition) is 0. The van der Waals surface area contributed by atoms with Crippen molar-refractivity contribution in [1.82, 2.24) is 23.7 Å². The lowest BCUT2D eigenvalue weighted by atomic mass is 9.96. The Bertz CT molecular complexity index is 1510. The van der Waals surface area contributed by atoms with Crippen LogP contribution < -0.4 is 5.56 Å². The summed E-state index contributed by atoms with van der Waals surface area (Å²) in [4.78, 5) is 21.5. The summed E-state index contributed by atoms with van der Waals surface area (Å²) in [5.74, 6) is 0. The maximum Gasteiger partial charge on any atom is 0.251 e. The van der Waals surface area contributed by atoms with Crippen molar-refractivity contribution in [2.75, 3.05) is 0 Å². The number of nitrogens with zero attached hydrogens (tertiary/aromatic N) is 5. The SMILES string of the molecule is Cc1cn(C(c2ccc3c(c2)c(-c2cccc(Cl)c2)cc(=O)n3C)c2cncn2C)cn1. The molecule has 5 rings (SSSR count). The van der Waals surface area contributed by atoms with Gasteiger partial charge in [0.2, 0.25) is 0 Å². The monoisotopic (exact) mass is 443 g/mol. The maximum atomic E-state index is 12.7. The number of aromatic nitrogens is 5. The maximum absolute atomic E-state index is 12.7. The first-order chi connectivity index (χ1) is 15.4. The van der Waals surface area contributed by atoms with E-state index in [1.165, 1.54) is 0 Å². The highest BCUT2D eigenvalue weighted by Gasteiger charge is 2.21. The molecule has 0 aliphatic carbocycles. The van der Waals surface area contributed by atoms with Gasteiger partial charge in [-0.25, -0.2) is 9.97 Å². The molecule has 0 N–H and O–H groups in total. The number of aryl methyl sites for hydroxylation is 3. The first-order valence-corrected chi connectivity index (χ1v) is 10.7. The van der Waals surface area contributed by atoms with Gasteiger partial charge in [-0.2, -0.15) is 0 Å². The predicted molar refractivity (Wildman–Crippen MR) is 127 cm³/mol. The molecule has 7 heteroatoms. The van der Waals surface area contributed by atoms with Crippen molar-refractivity contribution in [2.24, 2.45) is 14.1 Å². The summed E-state index contributed by atoms with van der Waals surface area (Å²) < 4.78 is 5.78. The van der Waals surface area contributed by atoms with Gasteiger partial charge in [-0.1, -0.05) is 29.8 Å². The van der Waals surface area contributed by atoms with Gasteiger partial charge in [-0.3, -0.25) is 4.79 Å². The molecule has 1 unspecified atom stereocenters. The van der Waals surface area contributed by atoms with Crippen LogP contribution in [0.4, 0.5) is 0 Å². The lowest BCUT2D eigenvalue weighted by Gasteiger charge is -2.21. The molecule has 0 aliphatic heterocycles. The van der Waals surface area contributed by atoms with E-state index in [1.807, 2.05) is 67.6 Å². The average molecular weight is 444 g/mol. The first-order valence-electron chi connectivity index (χ1n) is 10.3. The third-order valence-corrected chi connectivity index (χ3v) is 6.12. The molecular formula is C25H22ClN5O. The molecule has 0 saturated heterocycles. The van der Waals surface area contributed by atoms with Crippen LogP contribution in [-0.2, 0) is 14.1 Å². The van der Waals surface area contributed by atoms with E-state index in [4.69, 9.17) is 11.6 Å². The van der Waals surface area contributed by atoms with Crippen LogP contribution in [0.1, 0.15) is 23.0 Å². The lowest BCUT2D eigenvalue weighted by Crippen LogP contribution is -2.17. The van der Waals surface area contributed by atoms with E-state index in [-0.39, 0.29) is 11.6 Å². The molecule has 0 amide bonds. The van der Waals surface area contributed by atoms with E-state index in [1.54, 1.807) is 24.0 Å². The van der Waals surface area contributed by atoms with E-state index < -0.39 is 0 Å². The highest BCUT2D eigenvalue weighted by molar-refractivity contribution is 6.30. The highest BCUT2D eigenvalue weighted by atomic mass is 35.5. The predicted octanol–water partition coefficient (Wildman–Crippen LogP) is 4.74. The Kier molecular flexibility index (Phi) is 4.94. The first kappa shape index (κ1) is 20.3. The molecule has 1 atom stereocenters. The Morgan fingerprint density at radius 1 is 1.03 bits per heavy atom. The average Bonchev–Trinajstić information content (AvgIpc) is 3.39. The van der Waals surface area contributed by atoms with Gasteiger partial charge in [0.25, 0.3) is 5.56 Å². The van der Waals surface area contributed by atoms with Crippen molar-refractivity contribution in [3.63, 3.8) is 0 Å². The smallest absolute Gasteiger partial charge is 0.251 e. The number of rotatable bonds is 4. The normalized spacial score (nSPS) is 12.4. The summed E-state index contributed by atoms with van der Waals surface area (Å²) in [7, 11) is 3.78. The number of halogens is 1. The van der Waals surface area contributed by atoms with E-state index in [0.29, 0.717) is 5.02 Å². The van der Waals surface area contributed by atoms with Gasteiger partial charge >= 0.3 is 0 Å². The second kappa shape index (κ2) is 7.80. The molecule has 0 radical (unpaired) electrons.